The zero-order chi connectivity index (χ0) is 18.6. The predicted octanol–water partition coefficient (Wildman–Crippen LogP) is 3.88. The average Bonchev–Trinajstić information content (AvgIpc) is 2.55. The van der Waals surface area contributed by atoms with Gasteiger partial charge in [0, 0.05) is 37.2 Å². The quantitative estimate of drug-likeness (QED) is 0.700. The van der Waals surface area contributed by atoms with Gasteiger partial charge in [-0.3, -0.25) is 0 Å². The van der Waals surface area contributed by atoms with Crippen molar-refractivity contribution in [2.24, 2.45) is 0 Å². The van der Waals surface area contributed by atoms with Gasteiger partial charge in [0.15, 0.2) is 0 Å². The van der Waals surface area contributed by atoms with Crippen LogP contribution >= 0.6 is 15.9 Å². The summed E-state index contributed by atoms with van der Waals surface area (Å²) in [6, 6.07) is 9.66. The normalized spacial score (nSPS) is 11.6. The third-order valence-corrected chi connectivity index (χ3v) is 5.93. The van der Waals surface area contributed by atoms with Gasteiger partial charge in [0.05, 0.1) is 16.3 Å². The summed E-state index contributed by atoms with van der Waals surface area (Å²) in [4.78, 5) is 0.179. The second kappa shape index (κ2) is 8.16. The Hall–Kier alpha value is -1.64. The number of halogens is 2. The summed E-state index contributed by atoms with van der Waals surface area (Å²) >= 11 is 3.23. The zero-order valence-corrected chi connectivity index (χ0v) is 16.7. The molecule has 136 valence electrons. The van der Waals surface area contributed by atoms with Crippen LogP contribution in [0.5, 0.6) is 0 Å². The SMILES string of the molecule is CCNc1ccc(S(=O)(=O)N(C)C)cc1NCc1ccc(Br)cc1F. The molecule has 8 heteroatoms. The lowest BCUT2D eigenvalue weighted by Gasteiger charge is -2.17. The molecule has 0 unspecified atom stereocenters. The maximum atomic E-state index is 14.0. The zero-order valence-electron chi connectivity index (χ0n) is 14.3. The van der Waals surface area contributed by atoms with Crippen molar-refractivity contribution in [1.82, 2.24) is 4.31 Å². The van der Waals surface area contributed by atoms with E-state index in [-0.39, 0.29) is 17.3 Å². The number of rotatable bonds is 7. The number of hydrogen-bond acceptors (Lipinski definition) is 4. The summed E-state index contributed by atoms with van der Waals surface area (Å²) in [6.07, 6.45) is 0. The van der Waals surface area contributed by atoms with E-state index in [4.69, 9.17) is 0 Å². The van der Waals surface area contributed by atoms with Crippen LogP contribution in [0.4, 0.5) is 15.8 Å². The second-order valence-electron chi connectivity index (χ2n) is 5.61. The molecule has 2 N–H and O–H groups in total. The number of nitrogens with zero attached hydrogens (tertiary/aromatic N) is 1. The molecule has 0 aliphatic heterocycles. The fraction of sp³-hybridized carbons (Fsp3) is 0.294. The predicted molar refractivity (Wildman–Crippen MR) is 103 cm³/mol. The lowest BCUT2D eigenvalue weighted by Crippen LogP contribution is -2.22. The van der Waals surface area contributed by atoms with Gasteiger partial charge in [-0.25, -0.2) is 17.1 Å². The monoisotopic (exact) mass is 429 g/mol. The fourth-order valence-corrected chi connectivity index (χ4v) is 3.50. The third kappa shape index (κ3) is 4.71. The number of hydrogen-bond donors (Lipinski definition) is 2. The molecule has 0 spiro atoms. The van der Waals surface area contributed by atoms with Gasteiger partial charge in [-0.2, -0.15) is 0 Å². The molecule has 25 heavy (non-hydrogen) atoms. The highest BCUT2D eigenvalue weighted by molar-refractivity contribution is 9.10. The van der Waals surface area contributed by atoms with Gasteiger partial charge in [-0.1, -0.05) is 22.0 Å². The highest BCUT2D eigenvalue weighted by Crippen LogP contribution is 2.27. The fourth-order valence-electron chi connectivity index (χ4n) is 2.24. The van der Waals surface area contributed by atoms with Crippen molar-refractivity contribution >= 4 is 37.3 Å². The molecule has 0 aromatic heterocycles. The van der Waals surface area contributed by atoms with E-state index in [2.05, 4.69) is 26.6 Å². The van der Waals surface area contributed by atoms with Crippen LogP contribution in [0, 0.1) is 5.82 Å². The van der Waals surface area contributed by atoms with Crippen molar-refractivity contribution in [1.29, 1.82) is 0 Å². The molecule has 0 saturated heterocycles. The van der Waals surface area contributed by atoms with Gasteiger partial charge >= 0.3 is 0 Å². The molecule has 0 aliphatic carbocycles. The minimum absolute atomic E-state index is 0.179. The molecular formula is C17H21BrFN3O2S. The third-order valence-electron chi connectivity index (χ3n) is 3.62. The molecular weight excluding hydrogens is 409 g/mol. The van der Waals surface area contributed by atoms with E-state index in [1.54, 1.807) is 30.3 Å². The molecule has 0 fully saturated rings. The summed E-state index contributed by atoms with van der Waals surface area (Å²) < 4.78 is 40.5. The minimum atomic E-state index is -3.54. The highest BCUT2D eigenvalue weighted by atomic mass is 79.9. The largest absolute Gasteiger partial charge is 0.384 e. The van der Waals surface area contributed by atoms with Gasteiger partial charge in [0.2, 0.25) is 10.0 Å². The Morgan fingerprint density at radius 1 is 1.08 bits per heavy atom. The average molecular weight is 430 g/mol. The van der Waals surface area contributed by atoms with Gasteiger partial charge in [0.25, 0.3) is 0 Å². The summed E-state index contributed by atoms with van der Waals surface area (Å²) in [5.41, 5.74) is 1.86. The van der Waals surface area contributed by atoms with Crippen LogP contribution in [0.25, 0.3) is 0 Å². The molecule has 5 nitrogen and oxygen atoms in total. The van der Waals surface area contributed by atoms with E-state index < -0.39 is 10.0 Å². The molecule has 0 bridgehead atoms. The molecule has 2 aromatic carbocycles. The first-order valence-corrected chi connectivity index (χ1v) is 9.97. The van der Waals surface area contributed by atoms with Crippen molar-refractivity contribution in [3.63, 3.8) is 0 Å². The molecule has 0 radical (unpaired) electrons. The van der Waals surface area contributed by atoms with E-state index in [1.165, 1.54) is 20.2 Å². The summed E-state index contributed by atoms with van der Waals surface area (Å²) in [6.45, 7) is 2.87. The maximum Gasteiger partial charge on any atom is 0.242 e. The Balaban J connectivity index is 2.33. The van der Waals surface area contributed by atoms with Crippen LogP contribution in [0.1, 0.15) is 12.5 Å². The molecule has 0 heterocycles. The van der Waals surface area contributed by atoms with E-state index >= 15 is 0 Å². The van der Waals surface area contributed by atoms with Crippen LogP contribution < -0.4 is 10.6 Å². The van der Waals surface area contributed by atoms with Crippen LogP contribution in [-0.2, 0) is 16.6 Å². The second-order valence-corrected chi connectivity index (χ2v) is 8.68. The Morgan fingerprint density at radius 2 is 1.80 bits per heavy atom. The van der Waals surface area contributed by atoms with E-state index in [0.29, 0.717) is 22.3 Å². The smallest absolute Gasteiger partial charge is 0.242 e. The van der Waals surface area contributed by atoms with E-state index in [0.717, 1.165) is 9.99 Å². The van der Waals surface area contributed by atoms with Crippen LogP contribution in [0.2, 0.25) is 0 Å². The van der Waals surface area contributed by atoms with Crippen LogP contribution in [0.3, 0.4) is 0 Å². The number of sulfonamides is 1. The summed E-state index contributed by atoms with van der Waals surface area (Å²) in [7, 11) is -0.575. The van der Waals surface area contributed by atoms with Crippen molar-refractivity contribution in [3.8, 4) is 0 Å². The van der Waals surface area contributed by atoms with Gasteiger partial charge in [0.1, 0.15) is 5.82 Å². The molecule has 0 amide bonds. The number of benzene rings is 2. The molecule has 2 rings (SSSR count). The van der Waals surface area contributed by atoms with Gasteiger partial charge < -0.3 is 10.6 Å². The molecule has 2 aromatic rings. The van der Waals surface area contributed by atoms with E-state index in [1.807, 2.05) is 6.92 Å². The first-order valence-electron chi connectivity index (χ1n) is 7.74. The van der Waals surface area contributed by atoms with Crippen molar-refractivity contribution < 1.29 is 12.8 Å². The Bertz CT molecular complexity index is 857. The Kier molecular flexibility index (Phi) is 6.42. The first-order chi connectivity index (χ1) is 11.8. The molecule has 0 aliphatic rings. The lowest BCUT2D eigenvalue weighted by molar-refractivity contribution is 0.521. The Labute approximate surface area is 156 Å². The number of nitrogens with one attached hydrogen (secondary N) is 2. The molecule has 0 atom stereocenters. The summed E-state index contributed by atoms with van der Waals surface area (Å²) in [5, 5.41) is 6.30. The van der Waals surface area contributed by atoms with Gasteiger partial charge in [-0.05, 0) is 37.3 Å². The van der Waals surface area contributed by atoms with Gasteiger partial charge in [-0.15, -0.1) is 0 Å². The van der Waals surface area contributed by atoms with E-state index in [9.17, 15) is 12.8 Å². The number of anilines is 2. The Morgan fingerprint density at radius 3 is 2.40 bits per heavy atom. The van der Waals surface area contributed by atoms with Crippen LogP contribution in [-0.4, -0.2) is 33.4 Å². The topological polar surface area (TPSA) is 61.4 Å². The minimum Gasteiger partial charge on any atom is -0.384 e. The van der Waals surface area contributed by atoms with Crippen LogP contribution in [0.15, 0.2) is 45.8 Å². The van der Waals surface area contributed by atoms with Crippen molar-refractivity contribution in [2.75, 3.05) is 31.3 Å². The summed E-state index contributed by atoms with van der Waals surface area (Å²) in [5.74, 6) is -0.330. The lowest BCUT2D eigenvalue weighted by atomic mass is 10.2. The highest BCUT2D eigenvalue weighted by Gasteiger charge is 2.18. The molecule has 0 saturated carbocycles. The van der Waals surface area contributed by atoms with Crippen molar-refractivity contribution in [2.45, 2.75) is 18.4 Å². The standard InChI is InChI=1S/C17H21BrFN3O2S/c1-4-20-16-8-7-14(25(23,24)22(2)3)10-17(16)21-11-12-5-6-13(18)9-15(12)19/h5-10,20-21H,4,11H2,1-3H3. The van der Waals surface area contributed by atoms with Crippen molar-refractivity contribution in [3.05, 3.63) is 52.3 Å². The maximum absolute atomic E-state index is 14.0. The first kappa shape index (κ1) is 19.7.